The minimum Gasteiger partial charge on any atom is -0.385 e. The fourth-order valence-electron chi connectivity index (χ4n) is 0.900. The molecule has 0 aromatic carbocycles. The number of nitrogens with two attached hydrogens (primary N) is 2. The van der Waals surface area contributed by atoms with Crippen LogP contribution in [0.4, 0.5) is 0 Å². The Kier molecular flexibility index (Phi) is 10.2. The highest BCUT2D eigenvalue weighted by Crippen LogP contribution is 2.16. The standard InChI is InChI=1S/C10H22N6.2ClH/c1-9(2,7(11)13-5)15-16-10(3,4)8(12)14-6;;/h1-6H3,(H2,11,13)(H2,12,14);2*1H. The highest BCUT2D eigenvalue weighted by atomic mass is 35.5. The van der Waals surface area contributed by atoms with Gasteiger partial charge in [0.15, 0.2) is 0 Å². The van der Waals surface area contributed by atoms with Gasteiger partial charge < -0.3 is 11.5 Å². The van der Waals surface area contributed by atoms with E-state index >= 15 is 0 Å². The van der Waals surface area contributed by atoms with Gasteiger partial charge in [-0.3, -0.25) is 9.98 Å². The summed E-state index contributed by atoms with van der Waals surface area (Å²) in [4.78, 5) is 7.81. The smallest absolute Gasteiger partial charge is 0.132 e. The average molecular weight is 299 g/mol. The topological polar surface area (TPSA) is 101 Å². The van der Waals surface area contributed by atoms with Crippen molar-refractivity contribution in [1.82, 2.24) is 0 Å². The van der Waals surface area contributed by atoms with Crippen molar-refractivity contribution in [3.8, 4) is 0 Å². The molecular formula is C10H24Cl2N6. The van der Waals surface area contributed by atoms with Gasteiger partial charge in [0.1, 0.15) is 22.7 Å². The van der Waals surface area contributed by atoms with Crippen LogP contribution in [0.3, 0.4) is 0 Å². The summed E-state index contributed by atoms with van der Waals surface area (Å²) in [6.07, 6.45) is 0. The molecule has 0 atom stereocenters. The molecule has 0 aliphatic heterocycles. The van der Waals surface area contributed by atoms with Crippen LogP contribution in [0.25, 0.3) is 0 Å². The molecule has 0 aliphatic carbocycles. The fourth-order valence-corrected chi connectivity index (χ4v) is 0.900. The predicted molar refractivity (Wildman–Crippen MR) is 82.6 cm³/mol. The van der Waals surface area contributed by atoms with E-state index in [1.54, 1.807) is 14.1 Å². The molecule has 108 valence electrons. The molecule has 0 rings (SSSR count). The molecule has 6 nitrogen and oxygen atoms in total. The Balaban J connectivity index is -0.00000112. The van der Waals surface area contributed by atoms with Gasteiger partial charge in [-0.25, -0.2) is 0 Å². The molecule has 0 spiro atoms. The van der Waals surface area contributed by atoms with Crippen molar-refractivity contribution in [3.05, 3.63) is 0 Å². The van der Waals surface area contributed by atoms with E-state index in [2.05, 4.69) is 20.2 Å². The second-order valence-electron chi connectivity index (χ2n) is 4.54. The third-order valence-electron chi connectivity index (χ3n) is 2.29. The lowest BCUT2D eigenvalue weighted by atomic mass is 10.0. The summed E-state index contributed by atoms with van der Waals surface area (Å²) in [6, 6.07) is 0. The Morgan fingerprint density at radius 2 is 0.944 bits per heavy atom. The second kappa shape index (κ2) is 8.26. The summed E-state index contributed by atoms with van der Waals surface area (Å²) in [6.45, 7) is 7.37. The first-order chi connectivity index (χ1) is 7.17. The Morgan fingerprint density at radius 1 is 0.722 bits per heavy atom. The minimum atomic E-state index is -0.625. The van der Waals surface area contributed by atoms with Gasteiger partial charge in [0.25, 0.3) is 0 Å². The summed E-state index contributed by atoms with van der Waals surface area (Å²) in [5.41, 5.74) is 10.2. The summed E-state index contributed by atoms with van der Waals surface area (Å²) < 4.78 is 0. The van der Waals surface area contributed by atoms with Gasteiger partial charge in [0.2, 0.25) is 0 Å². The SMILES string of the molecule is CN=C(N)C(C)(C)N=NC(C)(C)C(N)=NC.Cl.Cl. The van der Waals surface area contributed by atoms with E-state index in [4.69, 9.17) is 11.5 Å². The maximum atomic E-state index is 5.72. The number of hydrogen-bond acceptors (Lipinski definition) is 4. The lowest BCUT2D eigenvalue weighted by molar-refractivity contribution is 0.559. The van der Waals surface area contributed by atoms with E-state index in [0.29, 0.717) is 11.7 Å². The lowest BCUT2D eigenvalue weighted by Crippen LogP contribution is -2.39. The van der Waals surface area contributed by atoms with Crippen LogP contribution < -0.4 is 11.5 Å². The zero-order chi connectivity index (χ0) is 13.0. The quantitative estimate of drug-likeness (QED) is 0.470. The molecule has 8 heteroatoms. The summed E-state index contributed by atoms with van der Waals surface area (Å²) in [7, 11) is 3.25. The third kappa shape index (κ3) is 6.16. The van der Waals surface area contributed by atoms with Crippen LogP contribution in [0.15, 0.2) is 20.2 Å². The van der Waals surface area contributed by atoms with Gasteiger partial charge in [0.05, 0.1) is 0 Å². The van der Waals surface area contributed by atoms with E-state index < -0.39 is 11.1 Å². The maximum Gasteiger partial charge on any atom is 0.132 e. The molecular weight excluding hydrogens is 275 g/mol. The molecule has 0 saturated carbocycles. The van der Waals surface area contributed by atoms with E-state index in [0.717, 1.165) is 0 Å². The van der Waals surface area contributed by atoms with Crippen molar-refractivity contribution >= 4 is 36.5 Å². The number of azo groups is 1. The number of halogens is 2. The summed E-state index contributed by atoms with van der Waals surface area (Å²) in [5, 5.41) is 8.35. The lowest BCUT2D eigenvalue weighted by Gasteiger charge is -2.22. The molecule has 0 aromatic rings. The average Bonchev–Trinajstić information content (AvgIpc) is 2.24. The number of amidine groups is 2. The number of aliphatic imine (C=N–C) groups is 2. The largest absolute Gasteiger partial charge is 0.385 e. The molecule has 18 heavy (non-hydrogen) atoms. The molecule has 0 amide bonds. The van der Waals surface area contributed by atoms with Crippen LogP contribution in [-0.4, -0.2) is 36.8 Å². The van der Waals surface area contributed by atoms with Crippen LogP contribution in [0.5, 0.6) is 0 Å². The number of hydrogen-bond donors (Lipinski definition) is 2. The van der Waals surface area contributed by atoms with Crippen molar-refractivity contribution in [3.63, 3.8) is 0 Å². The maximum absolute atomic E-state index is 5.72. The van der Waals surface area contributed by atoms with E-state index in [-0.39, 0.29) is 24.8 Å². The van der Waals surface area contributed by atoms with E-state index in [9.17, 15) is 0 Å². The zero-order valence-electron chi connectivity index (χ0n) is 11.8. The molecule has 0 aliphatic rings. The molecule has 0 saturated heterocycles. The third-order valence-corrected chi connectivity index (χ3v) is 2.29. The second-order valence-corrected chi connectivity index (χ2v) is 4.54. The van der Waals surface area contributed by atoms with Gasteiger partial charge in [-0.2, -0.15) is 10.2 Å². The van der Waals surface area contributed by atoms with Gasteiger partial charge in [-0.15, -0.1) is 24.8 Å². The first-order valence-corrected chi connectivity index (χ1v) is 5.07. The molecule has 0 radical (unpaired) electrons. The van der Waals surface area contributed by atoms with Crippen molar-refractivity contribution in [2.75, 3.05) is 14.1 Å². The van der Waals surface area contributed by atoms with Crippen molar-refractivity contribution in [2.45, 2.75) is 38.8 Å². The van der Waals surface area contributed by atoms with Crippen LogP contribution in [0, 0.1) is 0 Å². The highest BCUT2D eigenvalue weighted by molar-refractivity contribution is 5.90. The summed E-state index contributed by atoms with van der Waals surface area (Å²) in [5.74, 6) is 0.859. The highest BCUT2D eigenvalue weighted by Gasteiger charge is 2.26. The van der Waals surface area contributed by atoms with Gasteiger partial charge in [0, 0.05) is 14.1 Å². The predicted octanol–water partition coefficient (Wildman–Crippen LogP) is 1.81. The Labute approximate surface area is 121 Å². The molecule has 0 fully saturated rings. The van der Waals surface area contributed by atoms with Crippen LogP contribution in [0.1, 0.15) is 27.7 Å². The Morgan fingerprint density at radius 3 is 1.11 bits per heavy atom. The van der Waals surface area contributed by atoms with Gasteiger partial charge >= 0.3 is 0 Å². The Bertz CT molecular complexity index is 301. The monoisotopic (exact) mass is 298 g/mol. The first kappa shape index (κ1) is 22.3. The fraction of sp³-hybridized carbons (Fsp3) is 0.800. The molecule has 0 aromatic heterocycles. The Hall–Kier alpha value is -0.880. The van der Waals surface area contributed by atoms with Crippen LogP contribution in [-0.2, 0) is 0 Å². The summed E-state index contributed by atoms with van der Waals surface area (Å²) >= 11 is 0. The zero-order valence-corrected chi connectivity index (χ0v) is 13.4. The van der Waals surface area contributed by atoms with E-state index in [1.807, 2.05) is 27.7 Å². The van der Waals surface area contributed by atoms with Crippen molar-refractivity contribution in [2.24, 2.45) is 31.7 Å². The molecule has 0 heterocycles. The number of nitrogens with zero attached hydrogens (tertiary/aromatic N) is 4. The molecule has 0 unspecified atom stereocenters. The van der Waals surface area contributed by atoms with E-state index in [1.165, 1.54) is 0 Å². The van der Waals surface area contributed by atoms with Gasteiger partial charge in [-0.1, -0.05) is 0 Å². The normalized spacial score (nSPS) is 14.1. The van der Waals surface area contributed by atoms with Crippen molar-refractivity contribution in [1.29, 1.82) is 0 Å². The van der Waals surface area contributed by atoms with Crippen LogP contribution in [0.2, 0.25) is 0 Å². The molecule has 0 bridgehead atoms. The van der Waals surface area contributed by atoms with Crippen LogP contribution >= 0.6 is 24.8 Å². The van der Waals surface area contributed by atoms with Gasteiger partial charge in [-0.05, 0) is 27.7 Å². The van der Waals surface area contributed by atoms with Crippen molar-refractivity contribution < 1.29 is 0 Å². The first-order valence-electron chi connectivity index (χ1n) is 5.07. The molecule has 4 N–H and O–H groups in total. The minimum absolute atomic E-state index is 0. The number of rotatable bonds is 4.